The molecule has 0 aromatic heterocycles. The maximum atomic E-state index is 12.7. The highest BCUT2D eigenvalue weighted by molar-refractivity contribution is 5.95. The monoisotopic (exact) mass is 372 g/mol. The zero-order valence-electron chi connectivity index (χ0n) is 16.8. The van der Waals surface area contributed by atoms with Gasteiger partial charge in [-0.15, -0.1) is 0 Å². The van der Waals surface area contributed by atoms with Crippen molar-refractivity contribution >= 4 is 12.0 Å². The Kier molecular flexibility index (Phi) is 8.37. The maximum absolute atomic E-state index is 12.7. The van der Waals surface area contributed by atoms with E-state index < -0.39 is 6.04 Å². The zero-order valence-corrected chi connectivity index (χ0v) is 16.8. The van der Waals surface area contributed by atoms with Gasteiger partial charge in [-0.25, -0.2) is 9.59 Å². The van der Waals surface area contributed by atoms with E-state index in [2.05, 4.69) is 12.2 Å². The maximum Gasteiger partial charge on any atom is 0.338 e. The number of hydrogen-bond acceptors (Lipinski definition) is 3. The molecule has 0 fully saturated rings. The summed E-state index contributed by atoms with van der Waals surface area (Å²) in [6, 6.07) is 8.94. The molecule has 1 aromatic rings. The fourth-order valence-corrected chi connectivity index (χ4v) is 3.47. The zero-order chi connectivity index (χ0) is 19.6. The van der Waals surface area contributed by atoms with E-state index in [0.717, 1.165) is 18.4 Å². The number of ether oxygens (including phenoxy) is 1. The fraction of sp³-hybridized carbons (Fsp3) is 0.545. The van der Waals surface area contributed by atoms with Crippen LogP contribution in [0.15, 0.2) is 41.6 Å². The first-order valence-corrected chi connectivity index (χ1v) is 10.1. The van der Waals surface area contributed by atoms with Crippen LogP contribution in [0, 0.1) is 0 Å². The molecule has 1 heterocycles. The van der Waals surface area contributed by atoms with Gasteiger partial charge in [0.25, 0.3) is 0 Å². The lowest BCUT2D eigenvalue weighted by Gasteiger charge is -2.35. The second kappa shape index (κ2) is 10.8. The smallest absolute Gasteiger partial charge is 0.338 e. The number of hydrogen-bond donors (Lipinski definition) is 1. The fourth-order valence-electron chi connectivity index (χ4n) is 3.47. The first kappa shape index (κ1) is 21.0. The third-order valence-corrected chi connectivity index (χ3v) is 4.96. The van der Waals surface area contributed by atoms with Crippen molar-refractivity contribution in [3.8, 4) is 0 Å². The molecule has 1 atom stereocenters. The Hall–Kier alpha value is -2.30. The Balaban J connectivity index is 2.17. The molecule has 27 heavy (non-hydrogen) atoms. The number of urea groups is 1. The quantitative estimate of drug-likeness (QED) is 0.467. The van der Waals surface area contributed by atoms with E-state index in [9.17, 15) is 9.59 Å². The highest BCUT2D eigenvalue weighted by atomic mass is 16.5. The molecule has 5 heteroatoms. The third-order valence-electron chi connectivity index (χ3n) is 4.96. The molecule has 2 amide bonds. The minimum absolute atomic E-state index is 0.150. The summed E-state index contributed by atoms with van der Waals surface area (Å²) in [5.74, 6) is -0.364. The summed E-state index contributed by atoms with van der Waals surface area (Å²) in [4.78, 5) is 27.0. The van der Waals surface area contributed by atoms with Gasteiger partial charge in [0.05, 0.1) is 18.2 Å². The minimum Gasteiger partial charge on any atom is -0.463 e. The molecule has 148 valence electrons. The van der Waals surface area contributed by atoms with Crippen LogP contribution in [0.25, 0.3) is 0 Å². The van der Waals surface area contributed by atoms with Gasteiger partial charge in [0, 0.05) is 12.2 Å². The van der Waals surface area contributed by atoms with E-state index in [1.54, 1.807) is 11.8 Å². The molecule has 0 radical (unpaired) electrons. The van der Waals surface area contributed by atoms with Crippen molar-refractivity contribution in [2.75, 3.05) is 13.2 Å². The Morgan fingerprint density at radius 2 is 1.74 bits per heavy atom. The molecule has 0 bridgehead atoms. The molecule has 1 unspecified atom stereocenters. The summed E-state index contributed by atoms with van der Waals surface area (Å²) in [7, 11) is 0. The molecule has 5 nitrogen and oxygen atoms in total. The van der Waals surface area contributed by atoms with E-state index in [0.29, 0.717) is 24.4 Å². The second-order valence-corrected chi connectivity index (χ2v) is 6.93. The second-order valence-electron chi connectivity index (χ2n) is 6.93. The van der Waals surface area contributed by atoms with Gasteiger partial charge in [-0.05, 0) is 25.8 Å². The first-order valence-electron chi connectivity index (χ1n) is 10.1. The van der Waals surface area contributed by atoms with E-state index in [1.807, 2.05) is 37.3 Å². The predicted molar refractivity (Wildman–Crippen MR) is 107 cm³/mol. The molecular formula is C22H32N2O3. The lowest BCUT2D eigenvalue weighted by Crippen LogP contribution is -2.48. The molecule has 2 rings (SSSR count). The standard InChI is InChI=1S/C22H32N2O3/c1-4-6-7-8-9-13-16-24-17(3)19(21(25)27-5-2)20(23-22(24)26)18-14-11-10-12-15-18/h10-12,14-15,20H,4-9,13,16H2,1-3H3,(H,23,26). The van der Waals surface area contributed by atoms with Gasteiger partial charge in [0.15, 0.2) is 0 Å². The van der Waals surface area contributed by atoms with Gasteiger partial charge in [-0.2, -0.15) is 0 Å². The molecule has 1 aliphatic rings. The molecule has 1 aliphatic heterocycles. The van der Waals surface area contributed by atoms with Crippen LogP contribution in [0.1, 0.15) is 70.9 Å². The molecule has 0 saturated heterocycles. The molecule has 1 N–H and O–H groups in total. The summed E-state index contributed by atoms with van der Waals surface area (Å²) < 4.78 is 5.28. The normalized spacial score (nSPS) is 17.1. The summed E-state index contributed by atoms with van der Waals surface area (Å²) in [5.41, 5.74) is 2.10. The molecular weight excluding hydrogens is 340 g/mol. The van der Waals surface area contributed by atoms with Crippen molar-refractivity contribution in [2.24, 2.45) is 0 Å². The third kappa shape index (κ3) is 5.59. The van der Waals surface area contributed by atoms with Crippen LogP contribution in [0.5, 0.6) is 0 Å². The molecule has 0 saturated carbocycles. The molecule has 0 aliphatic carbocycles. The largest absolute Gasteiger partial charge is 0.463 e. The summed E-state index contributed by atoms with van der Waals surface area (Å²) in [6.07, 6.45) is 6.93. The van der Waals surface area contributed by atoms with Crippen LogP contribution in [0.2, 0.25) is 0 Å². The number of esters is 1. The van der Waals surface area contributed by atoms with E-state index in [-0.39, 0.29) is 12.0 Å². The van der Waals surface area contributed by atoms with Crippen molar-refractivity contribution in [1.29, 1.82) is 0 Å². The number of carbonyl (C=O) groups excluding carboxylic acids is 2. The Labute approximate surface area is 162 Å². The number of unbranched alkanes of at least 4 members (excludes halogenated alkanes) is 5. The van der Waals surface area contributed by atoms with Crippen molar-refractivity contribution in [3.63, 3.8) is 0 Å². The minimum atomic E-state index is -0.474. The number of allylic oxidation sites excluding steroid dienone is 1. The van der Waals surface area contributed by atoms with E-state index in [4.69, 9.17) is 4.74 Å². The van der Waals surface area contributed by atoms with Crippen LogP contribution in [-0.4, -0.2) is 30.1 Å². The summed E-state index contributed by atoms with van der Waals surface area (Å²) >= 11 is 0. The van der Waals surface area contributed by atoms with Crippen LogP contribution in [-0.2, 0) is 9.53 Å². The average Bonchev–Trinajstić information content (AvgIpc) is 2.67. The van der Waals surface area contributed by atoms with Crippen molar-refractivity contribution in [2.45, 2.75) is 65.3 Å². The van der Waals surface area contributed by atoms with E-state index >= 15 is 0 Å². The highest BCUT2D eigenvalue weighted by Gasteiger charge is 2.36. The van der Waals surface area contributed by atoms with Crippen LogP contribution < -0.4 is 5.32 Å². The Bertz CT molecular complexity index is 655. The SMILES string of the molecule is CCCCCCCCN1C(=O)NC(c2ccccc2)C(C(=O)OCC)=C1C. The number of rotatable bonds is 10. The van der Waals surface area contributed by atoms with Gasteiger partial charge >= 0.3 is 12.0 Å². The van der Waals surface area contributed by atoms with Gasteiger partial charge in [-0.1, -0.05) is 69.4 Å². The number of nitrogens with zero attached hydrogens (tertiary/aromatic N) is 1. The number of benzene rings is 1. The van der Waals surface area contributed by atoms with Crippen molar-refractivity contribution in [1.82, 2.24) is 10.2 Å². The van der Waals surface area contributed by atoms with Crippen molar-refractivity contribution in [3.05, 3.63) is 47.2 Å². The van der Waals surface area contributed by atoms with Crippen molar-refractivity contribution < 1.29 is 14.3 Å². The van der Waals surface area contributed by atoms with E-state index in [1.165, 1.54) is 25.7 Å². The molecule has 1 aromatic carbocycles. The molecule has 0 spiro atoms. The van der Waals surface area contributed by atoms with Gasteiger partial charge in [0.2, 0.25) is 0 Å². The number of amides is 2. The van der Waals surface area contributed by atoms with Crippen LogP contribution in [0.3, 0.4) is 0 Å². The van der Waals surface area contributed by atoms with Gasteiger partial charge in [0.1, 0.15) is 0 Å². The van der Waals surface area contributed by atoms with Crippen LogP contribution in [0.4, 0.5) is 4.79 Å². The highest BCUT2D eigenvalue weighted by Crippen LogP contribution is 2.31. The predicted octanol–water partition coefficient (Wildman–Crippen LogP) is 4.95. The Morgan fingerprint density at radius 1 is 1.07 bits per heavy atom. The number of carbonyl (C=O) groups is 2. The van der Waals surface area contributed by atoms with Crippen LogP contribution >= 0.6 is 0 Å². The topological polar surface area (TPSA) is 58.6 Å². The number of nitrogens with one attached hydrogen (secondary N) is 1. The summed E-state index contributed by atoms with van der Waals surface area (Å²) in [6.45, 7) is 6.77. The average molecular weight is 373 g/mol. The summed E-state index contributed by atoms with van der Waals surface area (Å²) in [5, 5.41) is 2.99. The Morgan fingerprint density at radius 3 is 2.41 bits per heavy atom. The first-order chi connectivity index (χ1) is 13.1. The lowest BCUT2D eigenvalue weighted by atomic mass is 9.95. The van der Waals surface area contributed by atoms with Gasteiger partial charge in [-0.3, -0.25) is 4.90 Å². The lowest BCUT2D eigenvalue weighted by molar-refractivity contribution is -0.139. The van der Waals surface area contributed by atoms with Gasteiger partial charge < -0.3 is 10.1 Å².